The van der Waals surface area contributed by atoms with Crippen molar-refractivity contribution in [2.75, 3.05) is 24.3 Å². The minimum absolute atomic E-state index is 0.0701. The molecule has 3 aromatic rings. The fourth-order valence-corrected chi connectivity index (χ4v) is 4.09. The van der Waals surface area contributed by atoms with E-state index >= 15 is 0 Å². The van der Waals surface area contributed by atoms with Gasteiger partial charge in [0.1, 0.15) is 5.75 Å². The van der Waals surface area contributed by atoms with Crippen molar-refractivity contribution in [3.63, 3.8) is 0 Å². The second-order valence-electron chi connectivity index (χ2n) is 7.18. The molecule has 0 fully saturated rings. The zero-order valence-electron chi connectivity index (χ0n) is 18.1. The van der Waals surface area contributed by atoms with Gasteiger partial charge in [-0.3, -0.25) is 4.79 Å². The molecule has 3 rings (SSSR count). The van der Waals surface area contributed by atoms with E-state index in [0.29, 0.717) is 17.5 Å². The molecule has 0 aliphatic carbocycles. The molecule has 0 aliphatic heterocycles. The number of hydrogen-bond donors (Lipinski definition) is 0. The lowest BCUT2D eigenvalue weighted by molar-refractivity contribution is -0.116. The van der Waals surface area contributed by atoms with Gasteiger partial charge in [-0.05, 0) is 61.4 Å². The maximum Gasteiger partial charge on any atom is 0.237 e. The molecule has 0 radical (unpaired) electrons. The third kappa shape index (κ3) is 5.44. The Morgan fingerprint density at radius 1 is 1.16 bits per heavy atom. The first-order chi connectivity index (χ1) is 14.9. The van der Waals surface area contributed by atoms with Crippen LogP contribution in [0.25, 0.3) is 11.4 Å². The lowest BCUT2D eigenvalue weighted by Crippen LogP contribution is -2.33. The first-order valence-electron chi connectivity index (χ1n) is 9.85. The standard InChI is InChI=1S/C23H25N5O2S/c1-16-12-17(2)14-19(13-16)28(11-5-10-24)21(29)15-31-23-26-25-22(27(23)3)18-6-8-20(30-4)9-7-18/h6-9,12-14H,5,11,15H2,1-4H3. The van der Waals surface area contributed by atoms with Crippen LogP contribution in [0.1, 0.15) is 17.5 Å². The Morgan fingerprint density at radius 3 is 2.45 bits per heavy atom. The summed E-state index contributed by atoms with van der Waals surface area (Å²) in [6.07, 6.45) is 0.273. The SMILES string of the molecule is COc1ccc(-c2nnc(SCC(=O)N(CCC#N)c3cc(C)cc(C)c3)n2C)cc1. The Bertz CT molecular complexity index is 1080. The Hall–Kier alpha value is -3.31. The first kappa shape index (κ1) is 22.4. The van der Waals surface area contributed by atoms with Crippen LogP contribution in [0.2, 0.25) is 0 Å². The molecule has 0 saturated carbocycles. The molecule has 1 aromatic heterocycles. The van der Waals surface area contributed by atoms with Crippen molar-refractivity contribution in [3.8, 4) is 23.2 Å². The van der Waals surface area contributed by atoms with Gasteiger partial charge in [-0.25, -0.2) is 0 Å². The van der Waals surface area contributed by atoms with Crippen LogP contribution in [0.15, 0.2) is 47.6 Å². The predicted molar refractivity (Wildman–Crippen MR) is 122 cm³/mol. The third-order valence-corrected chi connectivity index (χ3v) is 5.78. The third-order valence-electron chi connectivity index (χ3n) is 4.77. The molecule has 1 heterocycles. The Kier molecular flexibility index (Phi) is 7.32. The van der Waals surface area contributed by atoms with Crippen molar-refractivity contribution in [1.29, 1.82) is 5.26 Å². The number of rotatable bonds is 8. The van der Waals surface area contributed by atoms with Crippen molar-refractivity contribution in [2.24, 2.45) is 7.05 Å². The summed E-state index contributed by atoms with van der Waals surface area (Å²) in [7, 11) is 3.50. The summed E-state index contributed by atoms with van der Waals surface area (Å²) in [6, 6.07) is 15.7. The Morgan fingerprint density at radius 2 is 1.84 bits per heavy atom. The molecular formula is C23H25N5O2S. The zero-order valence-corrected chi connectivity index (χ0v) is 18.9. The van der Waals surface area contributed by atoms with Crippen LogP contribution < -0.4 is 9.64 Å². The van der Waals surface area contributed by atoms with E-state index in [4.69, 9.17) is 10.00 Å². The smallest absolute Gasteiger partial charge is 0.237 e. The lowest BCUT2D eigenvalue weighted by atomic mass is 10.1. The highest BCUT2D eigenvalue weighted by atomic mass is 32.2. The van der Waals surface area contributed by atoms with Gasteiger partial charge in [0.15, 0.2) is 11.0 Å². The summed E-state index contributed by atoms with van der Waals surface area (Å²) in [6.45, 7) is 4.35. The van der Waals surface area contributed by atoms with Crippen molar-refractivity contribution in [1.82, 2.24) is 14.8 Å². The monoisotopic (exact) mass is 435 g/mol. The summed E-state index contributed by atoms with van der Waals surface area (Å²) in [5.74, 6) is 1.62. The van der Waals surface area contributed by atoms with E-state index in [1.807, 2.05) is 61.9 Å². The van der Waals surface area contributed by atoms with E-state index in [1.165, 1.54) is 11.8 Å². The number of carbonyl (C=O) groups excluding carboxylic acids is 1. The highest BCUT2D eigenvalue weighted by molar-refractivity contribution is 7.99. The minimum atomic E-state index is -0.0701. The summed E-state index contributed by atoms with van der Waals surface area (Å²) >= 11 is 1.33. The summed E-state index contributed by atoms with van der Waals surface area (Å²) in [5, 5.41) is 18.2. The quantitative estimate of drug-likeness (QED) is 0.494. The van der Waals surface area contributed by atoms with Gasteiger partial charge in [-0.2, -0.15) is 5.26 Å². The summed E-state index contributed by atoms with van der Waals surface area (Å²) in [4.78, 5) is 14.7. The van der Waals surface area contributed by atoms with E-state index in [9.17, 15) is 4.79 Å². The average molecular weight is 436 g/mol. The fraction of sp³-hybridized carbons (Fsp3) is 0.304. The van der Waals surface area contributed by atoms with Crippen molar-refractivity contribution in [3.05, 3.63) is 53.6 Å². The summed E-state index contributed by atoms with van der Waals surface area (Å²) < 4.78 is 7.07. The number of nitriles is 1. The van der Waals surface area contributed by atoms with E-state index in [0.717, 1.165) is 28.1 Å². The number of amides is 1. The molecule has 2 aromatic carbocycles. The van der Waals surface area contributed by atoms with Crippen LogP contribution in [-0.4, -0.2) is 40.1 Å². The first-order valence-corrected chi connectivity index (χ1v) is 10.8. The van der Waals surface area contributed by atoms with Gasteiger partial charge in [0.2, 0.25) is 5.91 Å². The molecule has 0 N–H and O–H groups in total. The number of aryl methyl sites for hydroxylation is 2. The van der Waals surface area contributed by atoms with Crippen LogP contribution in [0.5, 0.6) is 5.75 Å². The molecule has 0 bridgehead atoms. The van der Waals surface area contributed by atoms with Gasteiger partial charge in [0.05, 0.1) is 25.4 Å². The number of nitrogens with zero attached hydrogens (tertiary/aromatic N) is 5. The molecule has 0 spiro atoms. The number of anilines is 1. The Labute approximate surface area is 186 Å². The maximum atomic E-state index is 13.0. The number of methoxy groups -OCH3 is 1. The Balaban J connectivity index is 1.74. The number of benzene rings is 2. The van der Waals surface area contributed by atoms with Gasteiger partial charge in [-0.1, -0.05) is 17.8 Å². The molecule has 160 valence electrons. The predicted octanol–water partition coefficient (Wildman–Crippen LogP) is 4.15. The van der Waals surface area contributed by atoms with Gasteiger partial charge < -0.3 is 14.2 Å². The van der Waals surface area contributed by atoms with Gasteiger partial charge >= 0.3 is 0 Å². The molecular weight excluding hydrogens is 410 g/mol. The second kappa shape index (κ2) is 10.1. The molecule has 1 amide bonds. The molecule has 0 atom stereocenters. The van der Waals surface area contributed by atoms with E-state index in [-0.39, 0.29) is 18.1 Å². The number of thioether (sulfide) groups is 1. The zero-order chi connectivity index (χ0) is 22.4. The number of hydrogen-bond acceptors (Lipinski definition) is 6. The van der Waals surface area contributed by atoms with E-state index in [1.54, 1.807) is 12.0 Å². The van der Waals surface area contributed by atoms with E-state index < -0.39 is 0 Å². The normalized spacial score (nSPS) is 10.5. The molecule has 0 saturated heterocycles. The largest absolute Gasteiger partial charge is 0.497 e. The van der Waals surface area contributed by atoms with Crippen LogP contribution in [0, 0.1) is 25.2 Å². The molecule has 0 aliphatic rings. The van der Waals surface area contributed by atoms with Crippen LogP contribution >= 0.6 is 11.8 Å². The van der Waals surface area contributed by atoms with Gasteiger partial charge in [-0.15, -0.1) is 10.2 Å². The number of carbonyl (C=O) groups is 1. The molecule has 7 nitrogen and oxygen atoms in total. The minimum Gasteiger partial charge on any atom is -0.497 e. The van der Waals surface area contributed by atoms with Crippen molar-refractivity contribution >= 4 is 23.4 Å². The topological polar surface area (TPSA) is 84.0 Å². The van der Waals surface area contributed by atoms with Crippen LogP contribution in [0.3, 0.4) is 0 Å². The van der Waals surface area contributed by atoms with Gasteiger partial charge in [0.25, 0.3) is 0 Å². The maximum absolute atomic E-state index is 13.0. The average Bonchev–Trinajstić information content (AvgIpc) is 3.12. The van der Waals surface area contributed by atoms with Crippen molar-refractivity contribution < 1.29 is 9.53 Å². The van der Waals surface area contributed by atoms with Crippen LogP contribution in [-0.2, 0) is 11.8 Å². The second-order valence-corrected chi connectivity index (χ2v) is 8.12. The fourth-order valence-electron chi connectivity index (χ4n) is 3.30. The lowest BCUT2D eigenvalue weighted by Gasteiger charge is -2.22. The highest BCUT2D eigenvalue weighted by Gasteiger charge is 2.19. The number of ether oxygens (including phenoxy) is 1. The van der Waals surface area contributed by atoms with Crippen LogP contribution in [0.4, 0.5) is 5.69 Å². The van der Waals surface area contributed by atoms with E-state index in [2.05, 4.69) is 22.3 Å². The summed E-state index contributed by atoms with van der Waals surface area (Å²) in [5.41, 5.74) is 3.89. The van der Waals surface area contributed by atoms with Crippen molar-refractivity contribution in [2.45, 2.75) is 25.4 Å². The molecule has 8 heteroatoms. The molecule has 31 heavy (non-hydrogen) atoms. The number of aromatic nitrogens is 3. The molecule has 0 unspecified atom stereocenters. The van der Waals surface area contributed by atoms with Gasteiger partial charge in [0, 0.05) is 24.8 Å². The highest BCUT2D eigenvalue weighted by Crippen LogP contribution is 2.26.